The molecule has 106 valence electrons. The van der Waals surface area contributed by atoms with Crippen LogP contribution in [0.3, 0.4) is 0 Å². The van der Waals surface area contributed by atoms with Gasteiger partial charge in [-0.05, 0) is 42.5 Å². The summed E-state index contributed by atoms with van der Waals surface area (Å²) in [5.41, 5.74) is 6.99. The molecule has 0 atom stereocenters. The summed E-state index contributed by atoms with van der Waals surface area (Å²) in [7, 11) is 0. The Morgan fingerprint density at radius 3 is 2.62 bits per heavy atom. The number of esters is 1. The van der Waals surface area contributed by atoms with Crippen molar-refractivity contribution >= 4 is 11.7 Å². The second-order valence-electron chi connectivity index (χ2n) is 4.25. The lowest BCUT2D eigenvalue weighted by Crippen LogP contribution is -2.12. The van der Waals surface area contributed by atoms with Crippen LogP contribution in [0.5, 0.6) is 5.75 Å². The van der Waals surface area contributed by atoms with Gasteiger partial charge in [-0.2, -0.15) is 5.26 Å². The predicted octanol–water partition coefficient (Wildman–Crippen LogP) is 2.38. The van der Waals surface area contributed by atoms with Crippen LogP contribution >= 0.6 is 0 Å². The van der Waals surface area contributed by atoms with Crippen LogP contribution in [0.15, 0.2) is 48.5 Å². The van der Waals surface area contributed by atoms with Gasteiger partial charge in [0.05, 0.1) is 17.2 Å². The number of benzene rings is 2. The first kappa shape index (κ1) is 14.4. The quantitative estimate of drug-likeness (QED) is 0.517. The van der Waals surface area contributed by atoms with E-state index in [1.165, 1.54) is 6.07 Å². The van der Waals surface area contributed by atoms with E-state index in [0.29, 0.717) is 22.6 Å². The summed E-state index contributed by atoms with van der Waals surface area (Å²) in [6.45, 7) is 0.369. The fraction of sp³-hybridized carbons (Fsp3) is 0.125. The van der Waals surface area contributed by atoms with E-state index in [4.69, 9.17) is 20.5 Å². The van der Waals surface area contributed by atoms with Gasteiger partial charge in [0.1, 0.15) is 19.0 Å². The molecular weight excluding hydrogens is 268 g/mol. The molecule has 0 fully saturated rings. The Hall–Kier alpha value is -3.00. The van der Waals surface area contributed by atoms with Crippen LogP contribution in [0, 0.1) is 11.3 Å². The van der Waals surface area contributed by atoms with Gasteiger partial charge in [0.25, 0.3) is 0 Å². The molecule has 0 heterocycles. The maximum atomic E-state index is 11.8. The Bertz CT molecular complexity index is 660. The summed E-state index contributed by atoms with van der Waals surface area (Å²) < 4.78 is 10.5. The Balaban J connectivity index is 1.79. The van der Waals surface area contributed by atoms with Gasteiger partial charge in [0.15, 0.2) is 0 Å². The monoisotopic (exact) mass is 282 g/mol. The number of nitrogens with two attached hydrogens (primary N) is 1. The van der Waals surface area contributed by atoms with Gasteiger partial charge >= 0.3 is 5.97 Å². The summed E-state index contributed by atoms with van der Waals surface area (Å²) in [5.74, 6) is 0.180. The van der Waals surface area contributed by atoms with Crippen LogP contribution in [-0.4, -0.2) is 19.2 Å². The van der Waals surface area contributed by atoms with E-state index in [9.17, 15) is 4.79 Å². The average molecular weight is 282 g/mol. The van der Waals surface area contributed by atoms with Crippen molar-refractivity contribution in [2.45, 2.75) is 0 Å². The molecule has 0 unspecified atom stereocenters. The Morgan fingerprint density at radius 2 is 1.90 bits per heavy atom. The molecule has 5 heteroatoms. The first-order valence-electron chi connectivity index (χ1n) is 6.34. The van der Waals surface area contributed by atoms with Gasteiger partial charge in [-0.15, -0.1) is 0 Å². The van der Waals surface area contributed by atoms with Crippen molar-refractivity contribution in [2.75, 3.05) is 18.9 Å². The fourth-order valence-corrected chi connectivity index (χ4v) is 1.66. The van der Waals surface area contributed by atoms with Crippen LogP contribution in [0.2, 0.25) is 0 Å². The van der Waals surface area contributed by atoms with E-state index >= 15 is 0 Å². The number of nitriles is 1. The van der Waals surface area contributed by atoms with Crippen molar-refractivity contribution in [3.05, 3.63) is 59.7 Å². The first-order chi connectivity index (χ1) is 10.2. The standard InChI is InChI=1S/C16H14N2O3/c17-11-12-2-1-3-13(10-12)16(19)21-9-8-20-15-6-4-14(18)5-7-15/h1-7,10H,8-9,18H2. The molecule has 2 N–H and O–H groups in total. The minimum absolute atomic E-state index is 0.125. The van der Waals surface area contributed by atoms with E-state index in [1.807, 2.05) is 6.07 Å². The van der Waals surface area contributed by atoms with Crippen molar-refractivity contribution in [2.24, 2.45) is 0 Å². The lowest BCUT2D eigenvalue weighted by Gasteiger charge is -2.07. The maximum Gasteiger partial charge on any atom is 0.338 e. The molecule has 0 bridgehead atoms. The number of nitrogens with zero attached hydrogens (tertiary/aromatic N) is 1. The van der Waals surface area contributed by atoms with E-state index in [2.05, 4.69) is 0 Å². The molecule has 2 aromatic carbocycles. The van der Waals surface area contributed by atoms with Crippen LogP contribution < -0.4 is 10.5 Å². The highest BCUT2D eigenvalue weighted by molar-refractivity contribution is 5.89. The van der Waals surface area contributed by atoms with Crippen LogP contribution in [0.1, 0.15) is 15.9 Å². The summed E-state index contributed by atoms with van der Waals surface area (Å²) >= 11 is 0. The first-order valence-corrected chi connectivity index (χ1v) is 6.34. The van der Waals surface area contributed by atoms with Crippen molar-refractivity contribution in [3.8, 4) is 11.8 Å². The van der Waals surface area contributed by atoms with Crippen LogP contribution in [0.25, 0.3) is 0 Å². The molecule has 0 aromatic heterocycles. The van der Waals surface area contributed by atoms with Crippen molar-refractivity contribution in [3.63, 3.8) is 0 Å². The van der Waals surface area contributed by atoms with E-state index in [0.717, 1.165) is 0 Å². The molecule has 0 aliphatic rings. The number of rotatable bonds is 5. The fourth-order valence-electron chi connectivity index (χ4n) is 1.66. The highest BCUT2D eigenvalue weighted by atomic mass is 16.6. The zero-order valence-electron chi connectivity index (χ0n) is 11.3. The predicted molar refractivity (Wildman–Crippen MR) is 77.8 cm³/mol. The average Bonchev–Trinajstić information content (AvgIpc) is 2.53. The Labute approximate surface area is 122 Å². The summed E-state index contributed by atoms with van der Waals surface area (Å²) in [5, 5.41) is 8.77. The molecule has 0 saturated heterocycles. The SMILES string of the molecule is N#Cc1cccc(C(=O)OCCOc2ccc(N)cc2)c1. The summed E-state index contributed by atoms with van der Waals surface area (Å²) in [6.07, 6.45) is 0. The summed E-state index contributed by atoms with van der Waals surface area (Å²) in [6, 6.07) is 15.3. The lowest BCUT2D eigenvalue weighted by atomic mass is 10.1. The third-order valence-corrected chi connectivity index (χ3v) is 2.69. The second kappa shape index (κ2) is 6.96. The second-order valence-corrected chi connectivity index (χ2v) is 4.25. The number of hydrogen-bond donors (Lipinski definition) is 1. The molecule has 0 aliphatic carbocycles. The molecule has 2 aromatic rings. The lowest BCUT2D eigenvalue weighted by molar-refractivity contribution is 0.0450. The molecule has 0 aliphatic heterocycles. The molecule has 0 saturated carbocycles. The normalized spacial score (nSPS) is 9.67. The zero-order chi connectivity index (χ0) is 15.1. The van der Waals surface area contributed by atoms with Crippen LogP contribution in [-0.2, 0) is 4.74 Å². The van der Waals surface area contributed by atoms with Gasteiger partial charge < -0.3 is 15.2 Å². The molecule has 5 nitrogen and oxygen atoms in total. The third-order valence-electron chi connectivity index (χ3n) is 2.69. The molecular formula is C16H14N2O3. The van der Waals surface area contributed by atoms with Gasteiger partial charge in [-0.3, -0.25) is 0 Å². The molecule has 0 amide bonds. The zero-order valence-corrected chi connectivity index (χ0v) is 11.3. The Morgan fingerprint density at radius 1 is 1.14 bits per heavy atom. The minimum Gasteiger partial charge on any atom is -0.490 e. The van der Waals surface area contributed by atoms with Gasteiger partial charge in [0.2, 0.25) is 0 Å². The third kappa shape index (κ3) is 4.25. The molecule has 0 radical (unpaired) electrons. The topological polar surface area (TPSA) is 85.3 Å². The van der Waals surface area contributed by atoms with Crippen molar-refractivity contribution < 1.29 is 14.3 Å². The molecule has 21 heavy (non-hydrogen) atoms. The highest BCUT2D eigenvalue weighted by Gasteiger charge is 2.07. The van der Waals surface area contributed by atoms with Gasteiger partial charge in [-0.1, -0.05) is 6.07 Å². The van der Waals surface area contributed by atoms with E-state index in [1.54, 1.807) is 42.5 Å². The minimum atomic E-state index is -0.479. The number of hydrogen-bond acceptors (Lipinski definition) is 5. The number of carbonyl (C=O) groups excluding carboxylic acids is 1. The molecule has 0 spiro atoms. The highest BCUT2D eigenvalue weighted by Crippen LogP contribution is 2.13. The summed E-state index contributed by atoms with van der Waals surface area (Å²) in [4.78, 5) is 11.8. The maximum absolute atomic E-state index is 11.8. The number of nitrogen functional groups attached to an aromatic ring is 1. The van der Waals surface area contributed by atoms with Crippen molar-refractivity contribution in [1.82, 2.24) is 0 Å². The van der Waals surface area contributed by atoms with Gasteiger partial charge in [-0.25, -0.2) is 4.79 Å². The van der Waals surface area contributed by atoms with Gasteiger partial charge in [0, 0.05) is 5.69 Å². The van der Waals surface area contributed by atoms with Crippen molar-refractivity contribution in [1.29, 1.82) is 5.26 Å². The number of anilines is 1. The largest absolute Gasteiger partial charge is 0.490 e. The van der Waals surface area contributed by atoms with E-state index in [-0.39, 0.29) is 13.2 Å². The molecule has 2 rings (SSSR count). The van der Waals surface area contributed by atoms with Crippen LogP contribution in [0.4, 0.5) is 5.69 Å². The smallest absolute Gasteiger partial charge is 0.338 e. The number of carbonyl (C=O) groups is 1. The number of ether oxygens (including phenoxy) is 2. The Kier molecular flexibility index (Phi) is 4.78. The van der Waals surface area contributed by atoms with E-state index < -0.39 is 5.97 Å².